The molecule has 1 N–H and O–H groups in total. The molecule has 5 rings (SSSR count). The van der Waals surface area contributed by atoms with Crippen LogP contribution in [0.4, 0.5) is 10.2 Å². The zero-order valence-corrected chi connectivity index (χ0v) is 18.5. The maximum Gasteiger partial charge on any atom is 0.211 e. The lowest BCUT2D eigenvalue weighted by Gasteiger charge is -2.41. The van der Waals surface area contributed by atoms with E-state index in [0.29, 0.717) is 36.8 Å². The molecular weight excluding hydrogens is 439 g/mol. The van der Waals surface area contributed by atoms with Crippen LogP contribution in [-0.4, -0.2) is 45.7 Å². The maximum absolute atomic E-state index is 14.3. The summed E-state index contributed by atoms with van der Waals surface area (Å²) >= 11 is 1.44. The van der Waals surface area contributed by atoms with Crippen molar-refractivity contribution in [1.82, 2.24) is 24.5 Å². The highest BCUT2D eigenvalue weighted by Crippen LogP contribution is 2.43. The first-order chi connectivity index (χ1) is 14.8. The van der Waals surface area contributed by atoms with Crippen molar-refractivity contribution < 1.29 is 12.8 Å². The normalized spacial score (nSPS) is 17.9. The Bertz CT molecular complexity index is 1200. The Morgan fingerprint density at radius 3 is 2.68 bits per heavy atom. The molecule has 1 saturated carbocycles. The van der Waals surface area contributed by atoms with Gasteiger partial charge in [0.05, 0.1) is 30.7 Å². The van der Waals surface area contributed by atoms with E-state index < -0.39 is 10.0 Å². The summed E-state index contributed by atoms with van der Waals surface area (Å²) < 4.78 is 39.1. The van der Waals surface area contributed by atoms with Crippen LogP contribution in [-0.2, 0) is 28.5 Å². The number of hydrogen-bond donors (Lipinski definition) is 1. The third-order valence-electron chi connectivity index (χ3n) is 5.96. The van der Waals surface area contributed by atoms with Crippen molar-refractivity contribution >= 4 is 27.2 Å². The van der Waals surface area contributed by atoms with Gasteiger partial charge in [0.15, 0.2) is 0 Å². The molecule has 162 valence electrons. The van der Waals surface area contributed by atoms with Crippen LogP contribution in [0.2, 0.25) is 0 Å². The molecule has 0 spiro atoms. The largest absolute Gasteiger partial charge is 0.368 e. The number of rotatable bonds is 6. The van der Waals surface area contributed by atoms with Gasteiger partial charge < -0.3 is 5.32 Å². The Labute approximate surface area is 183 Å². The summed E-state index contributed by atoms with van der Waals surface area (Å²) in [6.07, 6.45) is 5.66. The number of thiazole rings is 1. The maximum atomic E-state index is 14.3. The lowest BCUT2D eigenvalue weighted by atomic mass is 9.66. The monoisotopic (exact) mass is 460 g/mol. The molecule has 0 amide bonds. The number of anilines is 1. The van der Waals surface area contributed by atoms with E-state index in [2.05, 4.69) is 25.5 Å². The second kappa shape index (κ2) is 7.57. The van der Waals surface area contributed by atoms with E-state index in [0.717, 1.165) is 34.8 Å². The number of fused-ring (bicyclic) bond motifs is 1. The number of nitrogens with one attached hydrogen (secondary N) is 1. The van der Waals surface area contributed by atoms with Crippen molar-refractivity contribution in [3.8, 4) is 10.7 Å². The summed E-state index contributed by atoms with van der Waals surface area (Å²) in [7, 11) is -3.23. The molecule has 3 aromatic rings. The number of aromatic nitrogens is 4. The Hall–Kier alpha value is -2.50. The molecule has 11 heteroatoms. The molecule has 0 unspecified atom stereocenters. The van der Waals surface area contributed by atoms with Gasteiger partial charge in [-0.25, -0.2) is 17.8 Å². The molecular formula is C20H21FN6O2S2. The van der Waals surface area contributed by atoms with Gasteiger partial charge in [-0.15, -0.1) is 21.5 Å². The van der Waals surface area contributed by atoms with Gasteiger partial charge in [-0.2, -0.15) is 4.31 Å². The number of halogens is 1. The fourth-order valence-electron chi connectivity index (χ4n) is 4.03. The highest BCUT2D eigenvalue weighted by atomic mass is 32.2. The molecule has 31 heavy (non-hydrogen) atoms. The summed E-state index contributed by atoms with van der Waals surface area (Å²) in [5.74, 6) is 0.343. The zero-order chi connectivity index (χ0) is 21.6. The van der Waals surface area contributed by atoms with Gasteiger partial charge in [0.25, 0.3) is 0 Å². The van der Waals surface area contributed by atoms with Crippen molar-refractivity contribution in [1.29, 1.82) is 0 Å². The van der Waals surface area contributed by atoms with Gasteiger partial charge in [-0.05, 0) is 37.1 Å². The van der Waals surface area contributed by atoms with Gasteiger partial charge in [0.1, 0.15) is 22.3 Å². The van der Waals surface area contributed by atoms with E-state index in [9.17, 15) is 12.8 Å². The molecule has 2 aliphatic rings. The third-order valence-corrected chi connectivity index (χ3v) is 8.26. The molecule has 8 nitrogen and oxygen atoms in total. The van der Waals surface area contributed by atoms with Crippen LogP contribution < -0.4 is 5.32 Å². The molecule has 1 fully saturated rings. The van der Waals surface area contributed by atoms with Gasteiger partial charge >= 0.3 is 0 Å². The smallest absolute Gasteiger partial charge is 0.211 e. The summed E-state index contributed by atoms with van der Waals surface area (Å²) in [5, 5.41) is 12.5. The van der Waals surface area contributed by atoms with E-state index in [4.69, 9.17) is 0 Å². The summed E-state index contributed by atoms with van der Waals surface area (Å²) in [4.78, 5) is 9.77. The lowest BCUT2D eigenvalue weighted by Crippen LogP contribution is -2.42. The summed E-state index contributed by atoms with van der Waals surface area (Å²) in [6, 6.07) is 6.73. The van der Waals surface area contributed by atoms with Crippen LogP contribution in [0.1, 0.15) is 35.5 Å². The molecule has 3 aromatic heterocycles. The molecule has 4 heterocycles. The Kier molecular flexibility index (Phi) is 4.98. The SMILES string of the molecule is CS(=O)(=O)N1Cc2nc(-c3ccc(NCC4(c5ncccc5F)CCC4)nn3)sc2C1. The Morgan fingerprint density at radius 1 is 1.23 bits per heavy atom. The minimum absolute atomic E-state index is 0.267. The molecule has 0 radical (unpaired) electrons. The van der Waals surface area contributed by atoms with E-state index in [1.165, 1.54) is 28.0 Å². The van der Waals surface area contributed by atoms with E-state index in [1.807, 2.05) is 12.1 Å². The average Bonchev–Trinajstić information content (AvgIpc) is 3.28. The van der Waals surface area contributed by atoms with Gasteiger partial charge in [0, 0.05) is 23.0 Å². The van der Waals surface area contributed by atoms with Crippen LogP contribution in [0.25, 0.3) is 10.7 Å². The van der Waals surface area contributed by atoms with E-state index >= 15 is 0 Å². The molecule has 1 aliphatic carbocycles. The van der Waals surface area contributed by atoms with Crippen molar-refractivity contribution in [3.05, 3.63) is 52.5 Å². The Morgan fingerprint density at radius 2 is 2.06 bits per heavy atom. The average molecular weight is 461 g/mol. The first-order valence-corrected chi connectivity index (χ1v) is 12.6. The number of hydrogen-bond acceptors (Lipinski definition) is 8. The van der Waals surface area contributed by atoms with Crippen LogP contribution in [0, 0.1) is 5.82 Å². The molecule has 0 saturated heterocycles. The number of pyridine rings is 1. The lowest BCUT2D eigenvalue weighted by molar-refractivity contribution is 0.243. The topological polar surface area (TPSA) is 101 Å². The minimum atomic E-state index is -3.23. The van der Waals surface area contributed by atoms with Crippen molar-refractivity contribution in [2.45, 2.75) is 37.8 Å². The molecule has 0 aromatic carbocycles. The minimum Gasteiger partial charge on any atom is -0.368 e. The first kappa shape index (κ1) is 20.4. The van der Waals surface area contributed by atoms with E-state index in [1.54, 1.807) is 12.3 Å². The fraction of sp³-hybridized carbons (Fsp3) is 0.400. The number of sulfonamides is 1. The fourth-order valence-corrected chi connectivity index (χ4v) is 5.89. The second-order valence-electron chi connectivity index (χ2n) is 8.05. The zero-order valence-electron chi connectivity index (χ0n) is 16.9. The second-order valence-corrected chi connectivity index (χ2v) is 11.1. The first-order valence-electron chi connectivity index (χ1n) is 9.97. The third kappa shape index (κ3) is 3.81. The van der Waals surface area contributed by atoms with Crippen molar-refractivity contribution in [3.63, 3.8) is 0 Å². The molecule has 1 aliphatic heterocycles. The summed E-state index contributed by atoms with van der Waals surface area (Å²) in [5.41, 5.74) is 1.62. The quantitative estimate of drug-likeness (QED) is 0.603. The van der Waals surface area contributed by atoms with Crippen molar-refractivity contribution in [2.75, 3.05) is 18.1 Å². The highest BCUT2D eigenvalue weighted by Gasteiger charge is 2.41. The van der Waals surface area contributed by atoms with Gasteiger partial charge in [-0.3, -0.25) is 4.98 Å². The van der Waals surface area contributed by atoms with E-state index in [-0.39, 0.29) is 11.2 Å². The van der Waals surface area contributed by atoms with Crippen molar-refractivity contribution in [2.24, 2.45) is 0 Å². The standard InChI is InChI=1S/C20H21FN6O2S2/c1-31(28,29)27-10-15-16(11-27)30-19(24-15)14-5-6-17(26-25-14)23-12-20(7-3-8-20)18-13(21)4-2-9-22-18/h2,4-6,9H,3,7-8,10-12H2,1H3,(H,23,26). The van der Waals surface area contributed by atoms with Gasteiger partial charge in [-0.1, -0.05) is 6.42 Å². The van der Waals surface area contributed by atoms with Crippen LogP contribution in [0.15, 0.2) is 30.5 Å². The van der Waals surface area contributed by atoms with Crippen LogP contribution >= 0.6 is 11.3 Å². The number of nitrogens with zero attached hydrogens (tertiary/aromatic N) is 5. The predicted molar refractivity (Wildman–Crippen MR) is 115 cm³/mol. The highest BCUT2D eigenvalue weighted by molar-refractivity contribution is 7.88. The van der Waals surface area contributed by atoms with Gasteiger partial charge in [0.2, 0.25) is 10.0 Å². The van der Waals surface area contributed by atoms with Crippen LogP contribution in [0.5, 0.6) is 0 Å². The Balaban J connectivity index is 1.27. The molecule has 0 bridgehead atoms. The predicted octanol–water partition coefficient (Wildman–Crippen LogP) is 2.94. The summed E-state index contributed by atoms with van der Waals surface area (Å²) in [6.45, 7) is 1.19. The van der Waals surface area contributed by atoms with Crippen LogP contribution in [0.3, 0.4) is 0 Å². The molecule has 0 atom stereocenters.